The highest BCUT2D eigenvalue weighted by Gasteiger charge is 2.18. The van der Waals surface area contributed by atoms with E-state index in [1.54, 1.807) is 24.5 Å². The molecule has 19 heavy (non-hydrogen) atoms. The Morgan fingerprint density at radius 3 is 2.79 bits per heavy atom. The molecular weight excluding hydrogens is 238 g/mol. The third kappa shape index (κ3) is 2.60. The molecule has 2 aromatic rings. The summed E-state index contributed by atoms with van der Waals surface area (Å²) in [6.45, 7) is 1.47. The SMILES string of the molecule is O=C(/C=C\c1ccco1)N1CCc2ccccc2C1. The van der Waals surface area contributed by atoms with Crippen molar-refractivity contribution in [2.75, 3.05) is 6.54 Å². The van der Waals surface area contributed by atoms with Crippen LogP contribution in [0.2, 0.25) is 0 Å². The number of benzene rings is 1. The molecule has 0 N–H and O–H groups in total. The summed E-state index contributed by atoms with van der Waals surface area (Å²) in [6.07, 6.45) is 5.81. The maximum atomic E-state index is 12.1. The molecule has 0 saturated heterocycles. The molecule has 0 spiro atoms. The largest absolute Gasteiger partial charge is 0.465 e. The van der Waals surface area contributed by atoms with Crippen molar-refractivity contribution in [1.29, 1.82) is 0 Å². The molecule has 0 aliphatic carbocycles. The summed E-state index contributed by atoms with van der Waals surface area (Å²) in [5.41, 5.74) is 2.59. The number of carbonyl (C=O) groups is 1. The normalized spacial score (nSPS) is 14.6. The number of rotatable bonds is 2. The lowest BCUT2D eigenvalue weighted by Gasteiger charge is -2.27. The van der Waals surface area contributed by atoms with E-state index in [4.69, 9.17) is 4.42 Å². The van der Waals surface area contributed by atoms with Crippen LogP contribution in [0.15, 0.2) is 53.2 Å². The van der Waals surface area contributed by atoms with Gasteiger partial charge in [-0.15, -0.1) is 0 Å². The summed E-state index contributed by atoms with van der Waals surface area (Å²) < 4.78 is 5.17. The van der Waals surface area contributed by atoms with Crippen LogP contribution >= 0.6 is 0 Å². The van der Waals surface area contributed by atoms with Crippen LogP contribution in [0.25, 0.3) is 6.08 Å². The molecule has 3 rings (SSSR count). The molecule has 0 saturated carbocycles. The van der Waals surface area contributed by atoms with Gasteiger partial charge in [-0.1, -0.05) is 24.3 Å². The molecule has 0 radical (unpaired) electrons. The van der Waals surface area contributed by atoms with Gasteiger partial charge in [0.25, 0.3) is 0 Å². The quantitative estimate of drug-likeness (QED) is 0.771. The fourth-order valence-corrected chi connectivity index (χ4v) is 2.33. The smallest absolute Gasteiger partial charge is 0.246 e. The molecule has 1 aromatic heterocycles. The molecule has 3 heteroatoms. The Bertz CT molecular complexity index is 599. The Kier molecular flexibility index (Phi) is 3.19. The molecule has 96 valence electrons. The van der Waals surface area contributed by atoms with Crippen LogP contribution in [0.1, 0.15) is 16.9 Å². The Labute approximate surface area is 112 Å². The number of nitrogens with zero attached hydrogens (tertiary/aromatic N) is 1. The molecule has 1 aliphatic heterocycles. The molecule has 0 bridgehead atoms. The molecule has 0 unspecified atom stereocenters. The maximum absolute atomic E-state index is 12.1. The van der Waals surface area contributed by atoms with Crippen LogP contribution in [0, 0.1) is 0 Å². The van der Waals surface area contributed by atoms with Gasteiger partial charge >= 0.3 is 0 Å². The second-order valence-electron chi connectivity index (χ2n) is 4.63. The van der Waals surface area contributed by atoms with Gasteiger partial charge in [0.15, 0.2) is 0 Å². The summed E-state index contributed by atoms with van der Waals surface area (Å²) in [5.74, 6) is 0.733. The Balaban J connectivity index is 1.69. The van der Waals surface area contributed by atoms with Gasteiger partial charge in [0, 0.05) is 19.2 Å². The first kappa shape index (κ1) is 11.8. The lowest BCUT2D eigenvalue weighted by molar-refractivity contribution is -0.126. The van der Waals surface area contributed by atoms with Crippen molar-refractivity contribution in [2.24, 2.45) is 0 Å². The zero-order chi connectivity index (χ0) is 13.1. The predicted octanol–water partition coefficient (Wildman–Crippen LogP) is 2.88. The lowest BCUT2D eigenvalue weighted by Crippen LogP contribution is -2.34. The van der Waals surface area contributed by atoms with E-state index in [2.05, 4.69) is 12.1 Å². The number of amides is 1. The van der Waals surface area contributed by atoms with Crippen LogP contribution in [-0.2, 0) is 17.8 Å². The van der Waals surface area contributed by atoms with Gasteiger partial charge in [-0.3, -0.25) is 4.79 Å². The van der Waals surface area contributed by atoms with E-state index in [1.807, 2.05) is 23.1 Å². The van der Waals surface area contributed by atoms with Gasteiger partial charge in [0.05, 0.1) is 6.26 Å². The molecule has 0 fully saturated rings. The second-order valence-corrected chi connectivity index (χ2v) is 4.63. The second kappa shape index (κ2) is 5.14. The van der Waals surface area contributed by atoms with Crippen molar-refractivity contribution in [3.05, 3.63) is 65.6 Å². The Morgan fingerprint density at radius 2 is 2.00 bits per heavy atom. The van der Waals surface area contributed by atoms with Crippen molar-refractivity contribution in [3.63, 3.8) is 0 Å². The van der Waals surface area contributed by atoms with Gasteiger partial charge < -0.3 is 9.32 Å². The summed E-state index contributed by atoms with van der Waals surface area (Å²) >= 11 is 0. The summed E-state index contributed by atoms with van der Waals surface area (Å²) in [6, 6.07) is 11.9. The van der Waals surface area contributed by atoms with E-state index < -0.39 is 0 Å². The molecular formula is C16H15NO2. The average Bonchev–Trinajstić information content (AvgIpc) is 2.97. The highest BCUT2D eigenvalue weighted by Crippen LogP contribution is 2.18. The minimum atomic E-state index is 0.0332. The van der Waals surface area contributed by atoms with Crippen molar-refractivity contribution >= 4 is 12.0 Å². The van der Waals surface area contributed by atoms with E-state index in [-0.39, 0.29) is 5.91 Å². The zero-order valence-corrected chi connectivity index (χ0v) is 10.6. The highest BCUT2D eigenvalue weighted by atomic mass is 16.3. The van der Waals surface area contributed by atoms with Crippen molar-refractivity contribution < 1.29 is 9.21 Å². The first-order valence-corrected chi connectivity index (χ1v) is 6.40. The van der Waals surface area contributed by atoms with Gasteiger partial charge in [0.2, 0.25) is 5.91 Å². The van der Waals surface area contributed by atoms with Gasteiger partial charge in [-0.05, 0) is 35.8 Å². The number of furan rings is 1. The number of fused-ring (bicyclic) bond motifs is 1. The van der Waals surface area contributed by atoms with E-state index in [0.717, 1.165) is 13.0 Å². The molecule has 3 nitrogen and oxygen atoms in total. The van der Waals surface area contributed by atoms with E-state index in [9.17, 15) is 4.79 Å². The number of hydrogen-bond acceptors (Lipinski definition) is 2. The summed E-state index contributed by atoms with van der Waals surface area (Å²) in [7, 11) is 0. The van der Waals surface area contributed by atoms with Crippen molar-refractivity contribution in [3.8, 4) is 0 Å². The van der Waals surface area contributed by atoms with Crippen LogP contribution in [-0.4, -0.2) is 17.4 Å². The molecule has 1 aromatic carbocycles. The van der Waals surface area contributed by atoms with Crippen molar-refractivity contribution in [2.45, 2.75) is 13.0 Å². The maximum Gasteiger partial charge on any atom is 0.246 e. The third-order valence-corrected chi connectivity index (χ3v) is 3.38. The van der Waals surface area contributed by atoms with Crippen LogP contribution in [0.5, 0.6) is 0 Å². The fraction of sp³-hybridized carbons (Fsp3) is 0.188. The third-order valence-electron chi connectivity index (χ3n) is 3.38. The average molecular weight is 253 g/mol. The highest BCUT2D eigenvalue weighted by molar-refractivity contribution is 5.91. The fourth-order valence-electron chi connectivity index (χ4n) is 2.33. The first-order valence-electron chi connectivity index (χ1n) is 6.40. The number of hydrogen-bond donors (Lipinski definition) is 0. The molecule has 0 atom stereocenters. The number of carbonyl (C=O) groups excluding carboxylic acids is 1. The molecule has 1 aliphatic rings. The predicted molar refractivity (Wildman–Crippen MR) is 73.3 cm³/mol. The van der Waals surface area contributed by atoms with E-state index >= 15 is 0 Å². The molecule has 1 amide bonds. The topological polar surface area (TPSA) is 33.5 Å². The zero-order valence-electron chi connectivity index (χ0n) is 10.6. The van der Waals surface area contributed by atoms with E-state index in [0.29, 0.717) is 12.3 Å². The first-order chi connectivity index (χ1) is 9.33. The Morgan fingerprint density at radius 1 is 1.16 bits per heavy atom. The van der Waals surface area contributed by atoms with Crippen LogP contribution in [0.3, 0.4) is 0 Å². The van der Waals surface area contributed by atoms with Crippen LogP contribution < -0.4 is 0 Å². The van der Waals surface area contributed by atoms with Gasteiger partial charge in [0.1, 0.15) is 5.76 Å². The summed E-state index contributed by atoms with van der Waals surface area (Å²) in [5, 5.41) is 0. The Hall–Kier alpha value is -2.29. The lowest BCUT2D eigenvalue weighted by atomic mass is 10.00. The monoisotopic (exact) mass is 253 g/mol. The van der Waals surface area contributed by atoms with E-state index in [1.165, 1.54) is 11.1 Å². The standard InChI is InChI=1S/C16H15NO2/c18-16(8-7-15-6-3-11-19-15)17-10-9-13-4-1-2-5-14(13)12-17/h1-8,11H,9-10,12H2/b8-7-. The van der Waals surface area contributed by atoms with Gasteiger partial charge in [-0.25, -0.2) is 0 Å². The summed E-state index contributed by atoms with van der Waals surface area (Å²) in [4.78, 5) is 14.0. The molecule has 2 heterocycles. The van der Waals surface area contributed by atoms with Gasteiger partial charge in [-0.2, -0.15) is 0 Å². The minimum absolute atomic E-state index is 0.0332. The van der Waals surface area contributed by atoms with Crippen LogP contribution in [0.4, 0.5) is 0 Å². The minimum Gasteiger partial charge on any atom is -0.465 e. The van der Waals surface area contributed by atoms with Crippen molar-refractivity contribution in [1.82, 2.24) is 4.90 Å².